The van der Waals surface area contributed by atoms with Crippen LogP contribution in [0.25, 0.3) is 0 Å². The SMILES string of the molecule is O=C(O)c1ccc(SC2CC(N3CCCCC3)C2)cc1.O=C(c1ccc(SC2CC(N3CCCCC3)C2)cc1)N1CCOCC1.O=S(=O)(OC1CC(N2CCCCC2)C1)c1ccc(Br)cc1.OC1CC(N2CCCCC2)C1. The second-order valence-corrected chi connectivity index (χ2v) is 28.1. The summed E-state index contributed by atoms with van der Waals surface area (Å²) >= 11 is 7.18. The van der Waals surface area contributed by atoms with Crippen LogP contribution in [0.3, 0.4) is 0 Å². The molecule has 5 heterocycles. The minimum atomic E-state index is -3.63. The Hall–Kier alpha value is -2.55. The quantitative estimate of drug-likeness (QED) is 0.157. The van der Waals surface area contributed by atoms with Gasteiger partial charge in [0, 0.05) is 67.6 Å². The summed E-state index contributed by atoms with van der Waals surface area (Å²) in [5.41, 5.74) is 1.17. The molecule has 9 fully saturated rings. The summed E-state index contributed by atoms with van der Waals surface area (Å²) in [6, 6.07) is 24.9. The van der Waals surface area contributed by atoms with E-state index < -0.39 is 16.1 Å². The second kappa shape index (κ2) is 29.4. The Morgan fingerprint density at radius 3 is 1.27 bits per heavy atom. The summed E-state index contributed by atoms with van der Waals surface area (Å²) < 4.78 is 35.9. The monoisotopic (exact) mass is 1180 g/mol. The van der Waals surface area contributed by atoms with E-state index in [1.54, 1.807) is 36.4 Å². The van der Waals surface area contributed by atoms with Crippen LogP contribution in [0.2, 0.25) is 0 Å². The lowest BCUT2D eigenvalue weighted by Crippen LogP contribution is -2.50. The number of benzene rings is 3. The van der Waals surface area contributed by atoms with E-state index in [1.165, 1.54) is 152 Å². The number of thioether (sulfide) groups is 2. The van der Waals surface area contributed by atoms with Gasteiger partial charge in [-0.1, -0.05) is 41.6 Å². The Labute approximate surface area is 477 Å². The number of likely N-dealkylation sites (tertiary alicyclic amines) is 4. The zero-order valence-electron chi connectivity index (χ0n) is 45.4. The van der Waals surface area contributed by atoms with E-state index in [1.807, 2.05) is 52.7 Å². The molecule has 0 unspecified atom stereocenters. The van der Waals surface area contributed by atoms with E-state index >= 15 is 0 Å². The van der Waals surface area contributed by atoms with Gasteiger partial charge in [-0.15, -0.1) is 23.5 Å². The Balaban J connectivity index is 0.000000129. The maximum absolute atomic E-state index is 12.5. The number of carbonyl (C=O) groups is 2. The molecule has 5 aliphatic heterocycles. The number of rotatable bonds is 13. The number of carboxylic acids is 1. The van der Waals surface area contributed by atoms with Gasteiger partial charge in [-0.2, -0.15) is 8.42 Å². The fourth-order valence-corrected chi connectivity index (χ4v) is 16.3. The molecular formula is C60H86BrN5O8S3. The molecule has 3 aromatic carbocycles. The number of aliphatic hydroxyl groups excluding tert-OH is 1. The van der Waals surface area contributed by atoms with Crippen LogP contribution < -0.4 is 0 Å². The lowest BCUT2D eigenvalue weighted by Gasteiger charge is -2.44. The summed E-state index contributed by atoms with van der Waals surface area (Å²) in [4.78, 5) is 38.3. The molecule has 5 saturated heterocycles. The number of hydrogen-bond acceptors (Lipinski definition) is 13. The van der Waals surface area contributed by atoms with Crippen molar-refractivity contribution in [1.29, 1.82) is 0 Å². The fourth-order valence-electron chi connectivity index (χ4n) is 12.3. The molecule has 0 aromatic heterocycles. The average Bonchev–Trinajstić information content (AvgIpc) is 3.43. The Bertz CT molecular complexity index is 2370. The van der Waals surface area contributed by atoms with Crippen molar-refractivity contribution < 1.29 is 37.1 Å². The molecule has 77 heavy (non-hydrogen) atoms. The first-order valence-corrected chi connectivity index (χ1v) is 33.4. The summed E-state index contributed by atoms with van der Waals surface area (Å²) in [6.07, 6.45) is 25.1. The van der Waals surface area contributed by atoms with E-state index in [0.29, 0.717) is 43.2 Å². The molecule has 12 rings (SSSR count). The number of carbonyl (C=O) groups excluding carboxylic acids is 1. The Kier molecular flexibility index (Phi) is 22.6. The molecule has 17 heteroatoms. The summed E-state index contributed by atoms with van der Waals surface area (Å²) in [6.45, 7) is 12.7. The minimum Gasteiger partial charge on any atom is -0.478 e. The first kappa shape index (κ1) is 59.1. The standard InChI is InChI=1S/C20H28N2O2S.C16H21NO2S.C15H20BrNO3S.C9H17NO/c23-20(22-10-12-24-13-11-22)16-4-6-18(7-5-16)25-19-14-17(15-19)21-8-2-1-3-9-21;18-16(19)12-4-6-14(7-5-12)20-15-10-13(11-15)17-8-2-1-3-9-17;16-12-4-6-15(7-5-12)21(18,19)20-14-10-13(11-14)17-8-2-1-3-9-17;11-9-6-8(7-9)10-4-2-1-3-5-10/h4-7,17,19H,1-3,8-15H2;4-7,13,15H,1-3,8-11H2,(H,18,19);4-7,13-14H,1-3,8-11H2;8-9,11H,1-7H2. The minimum absolute atomic E-state index is 0.0157. The number of aromatic carboxylic acids is 1. The number of hydrogen-bond donors (Lipinski definition) is 2. The van der Waals surface area contributed by atoms with Gasteiger partial charge in [0.1, 0.15) is 0 Å². The predicted molar refractivity (Wildman–Crippen MR) is 312 cm³/mol. The highest BCUT2D eigenvalue weighted by Gasteiger charge is 2.39. The van der Waals surface area contributed by atoms with Crippen molar-refractivity contribution in [3.8, 4) is 0 Å². The number of morpholine rings is 1. The second-order valence-electron chi connectivity index (χ2n) is 22.9. The highest BCUT2D eigenvalue weighted by atomic mass is 79.9. The zero-order valence-corrected chi connectivity index (χ0v) is 49.4. The molecule has 4 aliphatic carbocycles. The third-order valence-electron chi connectivity index (χ3n) is 17.4. The van der Waals surface area contributed by atoms with Crippen molar-refractivity contribution in [2.45, 2.75) is 190 Å². The molecule has 424 valence electrons. The van der Waals surface area contributed by atoms with E-state index in [2.05, 4.69) is 47.7 Å². The van der Waals surface area contributed by atoms with Gasteiger partial charge in [-0.05, 0) is 228 Å². The zero-order chi connectivity index (χ0) is 53.6. The smallest absolute Gasteiger partial charge is 0.335 e. The van der Waals surface area contributed by atoms with Gasteiger partial charge < -0.3 is 39.4 Å². The third-order valence-corrected chi connectivity index (χ3v) is 21.8. The summed E-state index contributed by atoms with van der Waals surface area (Å²) in [5, 5.41) is 19.5. The van der Waals surface area contributed by atoms with Crippen molar-refractivity contribution in [2.75, 3.05) is 78.7 Å². The van der Waals surface area contributed by atoms with Gasteiger partial charge in [0.05, 0.1) is 35.9 Å². The molecule has 3 aromatic rings. The van der Waals surface area contributed by atoms with Crippen molar-refractivity contribution in [3.63, 3.8) is 0 Å². The topological polar surface area (TPSA) is 143 Å². The fraction of sp³-hybridized carbons (Fsp3) is 0.667. The Morgan fingerprint density at radius 1 is 0.506 bits per heavy atom. The van der Waals surface area contributed by atoms with Crippen molar-refractivity contribution in [2.24, 2.45) is 0 Å². The number of aliphatic hydroxyl groups is 1. The van der Waals surface area contributed by atoms with Crippen molar-refractivity contribution >= 4 is 61.4 Å². The van der Waals surface area contributed by atoms with E-state index in [9.17, 15) is 18.0 Å². The molecule has 1 amide bonds. The van der Waals surface area contributed by atoms with Crippen LogP contribution in [-0.4, -0.2) is 181 Å². The van der Waals surface area contributed by atoms with Crippen LogP contribution in [0.5, 0.6) is 0 Å². The molecular weight excluding hydrogens is 1090 g/mol. The van der Waals surface area contributed by atoms with Crippen LogP contribution in [-0.2, 0) is 19.0 Å². The largest absolute Gasteiger partial charge is 0.478 e. The van der Waals surface area contributed by atoms with E-state index in [-0.39, 0.29) is 23.0 Å². The first-order chi connectivity index (χ1) is 37.4. The average molecular weight is 1180 g/mol. The molecule has 0 radical (unpaired) electrons. The number of piperidine rings is 4. The van der Waals surface area contributed by atoms with Crippen LogP contribution in [0.15, 0.2) is 92.0 Å². The maximum Gasteiger partial charge on any atom is 0.335 e. The van der Waals surface area contributed by atoms with Crippen molar-refractivity contribution in [1.82, 2.24) is 24.5 Å². The number of ether oxygens (including phenoxy) is 1. The lowest BCUT2D eigenvalue weighted by atomic mass is 9.87. The Morgan fingerprint density at radius 2 is 0.883 bits per heavy atom. The van der Waals surface area contributed by atoms with Crippen LogP contribution in [0.4, 0.5) is 0 Å². The lowest BCUT2D eigenvalue weighted by molar-refractivity contribution is -0.00546. The number of carboxylic acid groups (broad SMARTS) is 1. The number of nitrogens with zero attached hydrogens (tertiary/aromatic N) is 5. The van der Waals surface area contributed by atoms with Crippen LogP contribution in [0.1, 0.15) is 149 Å². The molecule has 9 aliphatic rings. The predicted octanol–water partition coefficient (Wildman–Crippen LogP) is 10.9. The molecule has 4 saturated carbocycles. The summed E-state index contributed by atoms with van der Waals surface area (Å²) in [5.74, 6) is -0.719. The highest BCUT2D eigenvalue weighted by Crippen LogP contribution is 2.41. The normalized spacial score (nSPS) is 29.2. The molecule has 0 bridgehead atoms. The van der Waals surface area contributed by atoms with E-state index in [4.69, 9.17) is 19.1 Å². The van der Waals surface area contributed by atoms with Gasteiger partial charge in [0.25, 0.3) is 16.0 Å². The van der Waals surface area contributed by atoms with Gasteiger partial charge >= 0.3 is 5.97 Å². The van der Waals surface area contributed by atoms with Gasteiger partial charge in [-0.25, -0.2) is 4.79 Å². The highest BCUT2D eigenvalue weighted by molar-refractivity contribution is 9.10. The molecule has 13 nitrogen and oxygen atoms in total. The van der Waals surface area contributed by atoms with E-state index in [0.717, 1.165) is 72.2 Å². The van der Waals surface area contributed by atoms with Crippen LogP contribution in [0, 0.1) is 0 Å². The first-order valence-electron chi connectivity index (χ1n) is 29.4. The van der Waals surface area contributed by atoms with Gasteiger partial charge in [0.2, 0.25) is 0 Å². The third kappa shape index (κ3) is 17.5. The maximum atomic E-state index is 12.5. The molecule has 0 atom stereocenters. The van der Waals surface area contributed by atoms with Crippen molar-refractivity contribution in [3.05, 3.63) is 88.4 Å². The number of halogens is 1. The summed E-state index contributed by atoms with van der Waals surface area (Å²) in [7, 11) is -3.63. The van der Waals surface area contributed by atoms with Gasteiger partial charge in [0.15, 0.2) is 0 Å². The van der Waals surface area contributed by atoms with Crippen LogP contribution >= 0.6 is 39.5 Å². The number of amides is 1. The molecule has 2 N–H and O–H groups in total. The molecule has 0 spiro atoms. The van der Waals surface area contributed by atoms with Gasteiger partial charge in [-0.3, -0.25) is 8.98 Å².